The van der Waals surface area contributed by atoms with Gasteiger partial charge in [-0.15, -0.1) is 0 Å². The average Bonchev–Trinajstić information content (AvgIpc) is 2.41. The van der Waals surface area contributed by atoms with Crippen molar-refractivity contribution in [2.24, 2.45) is 5.84 Å². The van der Waals surface area contributed by atoms with Gasteiger partial charge in [-0.1, -0.05) is 17.7 Å². The van der Waals surface area contributed by atoms with Crippen LogP contribution >= 0.6 is 0 Å². The summed E-state index contributed by atoms with van der Waals surface area (Å²) in [4.78, 5) is 0. The fraction of sp³-hybridized carbons (Fsp3) is 0.429. The zero-order chi connectivity index (χ0) is 14.8. The third-order valence-electron chi connectivity index (χ3n) is 3.49. The highest BCUT2D eigenvalue weighted by atomic mass is 19.4. The number of rotatable bonds is 3. The van der Waals surface area contributed by atoms with Gasteiger partial charge in [0.1, 0.15) is 5.82 Å². The van der Waals surface area contributed by atoms with Crippen LogP contribution in [0.5, 0.6) is 0 Å². The number of nitrogens with one attached hydrogen (secondary N) is 1. The lowest BCUT2D eigenvalue weighted by Gasteiger charge is -2.24. The molecule has 6 heteroatoms. The third-order valence-corrected chi connectivity index (χ3v) is 3.49. The van der Waals surface area contributed by atoms with Gasteiger partial charge in [-0.3, -0.25) is 5.84 Å². The molecule has 0 saturated heterocycles. The maximum Gasteiger partial charge on any atom is 0.419 e. The normalized spacial score (nSPS) is 17.8. The highest BCUT2D eigenvalue weighted by Gasteiger charge is 2.35. The maximum atomic E-state index is 13.3. The van der Waals surface area contributed by atoms with E-state index in [1.165, 1.54) is 6.07 Å². The molecule has 3 N–H and O–H groups in total. The molecule has 0 amide bonds. The van der Waals surface area contributed by atoms with E-state index in [9.17, 15) is 17.6 Å². The van der Waals surface area contributed by atoms with Crippen molar-refractivity contribution >= 4 is 0 Å². The average molecular weight is 288 g/mol. The number of nitrogens with two attached hydrogens (primary N) is 1. The van der Waals surface area contributed by atoms with Gasteiger partial charge in [0, 0.05) is 0 Å². The van der Waals surface area contributed by atoms with Crippen LogP contribution in [-0.4, -0.2) is 0 Å². The Balaban J connectivity index is 2.38. The minimum Gasteiger partial charge on any atom is -0.271 e. The first kappa shape index (κ1) is 15.0. The van der Waals surface area contributed by atoms with E-state index in [-0.39, 0.29) is 0 Å². The van der Waals surface area contributed by atoms with Crippen LogP contribution in [0.3, 0.4) is 0 Å². The zero-order valence-corrected chi connectivity index (χ0v) is 10.8. The van der Waals surface area contributed by atoms with Crippen molar-refractivity contribution in [1.29, 1.82) is 0 Å². The standard InChI is InChI=1S/C14H16F4N2/c15-12-7-6-10(8-11(12)14(16,17)18)13(20-19)9-4-2-1-3-5-9/h4,6-8,13,20H,1-3,5,19H2. The fourth-order valence-corrected chi connectivity index (χ4v) is 2.48. The van der Waals surface area contributed by atoms with Crippen molar-refractivity contribution in [2.45, 2.75) is 37.9 Å². The third kappa shape index (κ3) is 3.19. The van der Waals surface area contributed by atoms with E-state index in [4.69, 9.17) is 5.84 Å². The highest BCUT2D eigenvalue weighted by Crippen LogP contribution is 2.35. The first-order chi connectivity index (χ1) is 9.43. The minimum absolute atomic E-state index is 0.328. The van der Waals surface area contributed by atoms with E-state index < -0.39 is 23.6 Å². The molecule has 1 atom stereocenters. The second-order valence-electron chi connectivity index (χ2n) is 4.86. The Morgan fingerprint density at radius 2 is 1.95 bits per heavy atom. The molecule has 0 heterocycles. The van der Waals surface area contributed by atoms with E-state index in [1.54, 1.807) is 0 Å². The van der Waals surface area contributed by atoms with Gasteiger partial charge in [-0.25, -0.2) is 9.82 Å². The van der Waals surface area contributed by atoms with Crippen molar-refractivity contribution in [3.8, 4) is 0 Å². The SMILES string of the molecule is NNC(C1=CCCCC1)c1ccc(F)c(C(F)(F)F)c1. The largest absolute Gasteiger partial charge is 0.419 e. The van der Waals surface area contributed by atoms with E-state index in [2.05, 4.69) is 5.43 Å². The van der Waals surface area contributed by atoms with Crippen molar-refractivity contribution in [3.63, 3.8) is 0 Å². The Labute approximate surface area is 114 Å². The van der Waals surface area contributed by atoms with Crippen molar-refractivity contribution in [1.82, 2.24) is 5.43 Å². The van der Waals surface area contributed by atoms with Gasteiger partial charge in [0.2, 0.25) is 0 Å². The Kier molecular flexibility index (Phi) is 4.45. The monoisotopic (exact) mass is 288 g/mol. The predicted octanol–water partition coefficient (Wildman–Crippen LogP) is 3.85. The smallest absolute Gasteiger partial charge is 0.271 e. The molecule has 0 radical (unpaired) electrons. The Morgan fingerprint density at radius 3 is 2.50 bits per heavy atom. The predicted molar refractivity (Wildman–Crippen MR) is 68.0 cm³/mol. The molecule has 1 aliphatic rings. The van der Waals surface area contributed by atoms with Crippen LogP contribution in [0.4, 0.5) is 17.6 Å². The summed E-state index contributed by atoms with van der Waals surface area (Å²) in [7, 11) is 0. The summed E-state index contributed by atoms with van der Waals surface area (Å²) in [6, 6.07) is 2.50. The van der Waals surface area contributed by atoms with Gasteiger partial charge >= 0.3 is 6.18 Å². The zero-order valence-electron chi connectivity index (χ0n) is 10.8. The molecule has 0 aliphatic heterocycles. The summed E-state index contributed by atoms with van der Waals surface area (Å²) in [5, 5.41) is 0. The Hall–Kier alpha value is -1.40. The number of allylic oxidation sites excluding steroid dienone is 1. The van der Waals surface area contributed by atoms with Crippen molar-refractivity contribution in [3.05, 3.63) is 46.8 Å². The lowest BCUT2D eigenvalue weighted by Crippen LogP contribution is -2.30. The summed E-state index contributed by atoms with van der Waals surface area (Å²) < 4.78 is 51.5. The summed E-state index contributed by atoms with van der Waals surface area (Å²) in [6.45, 7) is 0. The van der Waals surface area contributed by atoms with Crippen LogP contribution in [0.15, 0.2) is 29.8 Å². The molecule has 0 saturated carbocycles. The molecule has 0 aromatic heterocycles. The number of hydrogen-bond donors (Lipinski definition) is 2. The second-order valence-corrected chi connectivity index (χ2v) is 4.86. The second kappa shape index (κ2) is 5.93. The summed E-state index contributed by atoms with van der Waals surface area (Å²) in [5.74, 6) is 4.20. The van der Waals surface area contributed by atoms with Crippen molar-refractivity contribution < 1.29 is 17.6 Å². The van der Waals surface area contributed by atoms with Crippen LogP contribution in [-0.2, 0) is 6.18 Å². The molecule has 2 nitrogen and oxygen atoms in total. The van der Waals surface area contributed by atoms with Gasteiger partial charge in [0.25, 0.3) is 0 Å². The molecule has 110 valence electrons. The first-order valence-corrected chi connectivity index (χ1v) is 6.45. The number of hydrogen-bond acceptors (Lipinski definition) is 2. The maximum absolute atomic E-state index is 13.3. The van der Waals surface area contributed by atoms with Gasteiger partial charge in [0.05, 0.1) is 11.6 Å². The van der Waals surface area contributed by atoms with E-state index in [0.717, 1.165) is 43.4 Å². The lowest BCUT2D eigenvalue weighted by atomic mass is 9.89. The minimum atomic E-state index is -4.71. The number of hydrazine groups is 1. The molecule has 0 spiro atoms. The molecule has 1 aromatic carbocycles. The Bertz CT molecular complexity index is 508. The number of alkyl halides is 3. The van der Waals surface area contributed by atoms with Crippen LogP contribution in [0.1, 0.15) is 42.9 Å². The molecule has 20 heavy (non-hydrogen) atoms. The van der Waals surface area contributed by atoms with Crippen LogP contribution in [0.2, 0.25) is 0 Å². The van der Waals surface area contributed by atoms with Gasteiger partial charge < -0.3 is 0 Å². The summed E-state index contributed by atoms with van der Waals surface area (Å²) >= 11 is 0. The van der Waals surface area contributed by atoms with Gasteiger partial charge in [-0.2, -0.15) is 13.2 Å². The van der Waals surface area contributed by atoms with Crippen LogP contribution < -0.4 is 11.3 Å². The van der Waals surface area contributed by atoms with Crippen molar-refractivity contribution in [2.75, 3.05) is 0 Å². The topological polar surface area (TPSA) is 38.0 Å². The van der Waals surface area contributed by atoms with E-state index >= 15 is 0 Å². The molecule has 0 fully saturated rings. The first-order valence-electron chi connectivity index (χ1n) is 6.45. The van der Waals surface area contributed by atoms with Crippen LogP contribution in [0.25, 0.3) is 0 Å². The van der Waals surface area contributed by atoms with Gasteiger partial charge in [0.15, 0.2) is 0 Å². The van der Waals surface area contributed by atoms with Gasteiger partial charge in [-0.05, 0) is 43.4 Å². The van der Waals surface area contributed by atoms with E-state index in [0.29, 0.717) is 5.56 Å². The molecular formula is C14H16F4N2. The molecule has 1 aromatic rings. The molecule has 1 unspecified atom stereocenters. The number of benzene rings is 1. The summed E-state index contributed by atoms with van der Waals surface area (Å²) in [5.41, 5.74) is 2.56. The summed E-state index contributed by atoms with van der Waals surface area (Å²) in [6.07, 6.45) is 1.01. The molecular weight excluding hydrogens is 272 g/mol. The fourth-order valence-electron chi connectivity index (χ4n) is 2.48. The molecule has 0 bridgehead atoms. The Morgan fingerprint density at radius 1 is 1.20 bits per heavy atom. The van der Waals surface area contributed by atoms with Crippen LogP contribution in [0, 0.1) is 5.82 Å². The number of halogens is 4. The molecule has 1 aliphatic carbocycles. The highest BCUT2D eigenvalue weighted by molar-refractivity contribution is 5.34. The van der Waals surface area contributed by atoms with E-state index in [1.807, 2.05) is 6.08 Å². The quantitative estimate of drug-likeness (QED) is 0.384. The lowest BCUT2D eigenvalue weighted by molar-refractivity contribution is -0.140. The molecule has 2 rings (SSSR count).